The van der Waals surface area contributed by atoms with Gasteiger partial charge in [0.25, 0.3) is 0 Å². The highest BCUT2D eigenvalue weighted by Crippen LogP contribution is 2.32. The number of ether oxygens (including phenoxy) is 2. The van der Waals surface area contributed by atoms with E-state index in [4.69, 9.17) is 14.6 Å². The van der Waals surface area contributed by atoms with Gasteiger partial charge in [0, 0.05) is 71.4 Å². The average Bonchev–Trinajstić information content (AvgIpc) is 3.76. The third-order valence-corrected chi connectivity index (χ3v) is 13.7. The Kier molecular flexibility index (Phi) is 23.0. The first-order valence-electron chi connectivity index (χ1n) is 23.8. The summed E-state index contributed by atoms with van der Waals surface area (Å²) in [5.41, 5.74) is 1.93. The molecule has 0 saturated carbocycles. The lowest BCUT2D eigenvalue weighted by Crippen LogP contribution is -2.54. The molecule has 9 atom stereocenters. The van der Waals surface area contributed by atoms with Crippen molar-refractivity contribution < 1.29 is 43.3 Å². The van der Waals surface area contributed by atoms with E-state index in [1.54, 1.807) is 26.2 Å². The normalized spacial score (nSPS) is 17.8. The summed E-state index contributed by atoms with van der Waals surface area (Å²) in [4.78, 5) is 87.5. The molecule has 3 amide bonds. The van der Waals surface area contributed by atoms with Crippen LogP contribution in [0, 0.1) is 35.5 Å². The maximum atomic E-state index is 14.6. The number of hydrogen-bond acceptors (Lipinski definition) is 9. The van der Waals surface area contributed by atoms with Crippen LogP contribution in [0.3, 0.4) is 0 Å². The van der Waals surface area contributed by atoms with Crippen LogP contribution in [0.15, 0.2) is 60.7 Å². The van der Waals surface area contributed by atoms with Gasteiger partial charge in [-0.15, -0.1) is 0 Å². The van der Waals surface area contributed by atoms with Gasteiger partial charge < -0.3 is 29.7 Å². The number of hydrogen-bond donors (Lipinski definition) is 2. The number of likely N-dealkylation sites (tertiary alicyclic amines) is 1. The maximum Gasteiger partial charge on any atom is 0.303 e. The third kappa shape index (κ3) is 16.1. The predicted molar refractivity (Wildman–Crippen MR) is 254 cm³/mol. The van der Waals surface area contributed by atoms with Gasteiger partial charge in [0.15, 0.2) is 5.78 Å². The highest BCUT2D eigenvalue weighted by Gasteiger charge is 2.43. The zero-order valence-corrected chi connectivity index (χ0v) is 41.2. The Bertz CT molecular complexity index is 1810. The molecule has 1 aliphatic heterocycles. The van der Waals surface area contributed by atoms with Crippen LogP contribution in [0.5, 0.6) is 0 Å². The Morgan fingerprint density at radius 1 is 0.815 bits per heavy atom. The van der Waals surface area contributed by atoms with E-state index in [1.165, 1.54) is 0 Å². The lowest BCUT2D eigenvalue weighted by atomic mass is 9.83. The van der Waals surface area contributed by atoms with E-state index in [0.717, 1.165) is 17.5 Å². The van der Waals surface area contributed by atoms with Gasteiger partial charge in [0.2, 0.25) is 17.7 Å². The van der Waals surface area contributed by atoms with Gasteiger partial charge in [0.05, 0.1) is 36.8 Å². The number of carboxylic acids is 1. The van der Waals surface area contributed by atoms with Gasteiger partial charge in [-0.05, 0) is 68.2 Å². The first-order valence-corrected chi connectivity index (χ1v) is 23.8. The van der Waals surface area contributed by atoms with E-state index in [2.05, 4.69) is 5.32 Å². The molecule has 1 fully saturated rings. The number of nitrogens with one attached hydrogen (secondary N) is 1. The topological polar surface area (TPSA) is 163 Å². The van der Waals surface area contributed by atoms with Gasteiger partial charge in [0.1, 0.15) is 5.78 Å². The van der Waals surface area contributed by atoms with Crippen molar-refractivity contribution in [2.45, 2.75) is 143 Å². The minimum atomic E-state index is -0.880. The Morgan fingerprint density at radius 3 is 1.97 bits per heavy atom. The second-order valence-electron chi connectivity index (χ2n) is 19.0. The van der Waals surface area contributed by atoms with Crippen molar-refractivity contribution >= 4 is 35.3 Å². The lowest BCUT2D eigenvalue weighted by Gasteiger charge is -2.41. The predicted octanol–water partition coefficient (Wildman–Crippen LogP) is 7.09. The molecule has 1 saturated heterocycles. The van der Waals surface area contributed by atoms with E-state index < -0.39 is 48.0 Å². The second-order valence-corrected chi connectivity index (χ2v) is 19.0. The summed E-state index contributed by atoms with van der Waals surface area (Å²) in [7, 11) is 6.70. The van der Waals surface area contributed by atoms with E-state index in [1.807, 2.05) is 126 Å². The summed E-state index contributed by atoms with van der Waals surface area (Å²) in [6.07, 6.45) is 1.71. The monoisotopic (exact) mass is 905 g/mol. The second kappa shape index (κ2) is 27.2. The van der Waals surface area contributed by atoms with Gasteiger partial charge >= 0.3 is 5.97 Å². The number of carboxylic acid groups (broad SMARTS) is 1. The maximum absolute atomic E-state index is 14.6. The number of likely N-dealkylation sites (N-methyl/N-ethyl adjacent to an activating group) is 2. The Morgan fingerprint density at radius 2 is 1.43 bits per heavy atom. The number of methoxy groups -OCH3 is 2. The van der Waals surface area contributed by atoms with Crippen LogP contribution in [0.4, 0.5) is 0 Å². The molecule has 1 aliphatic rings. The number of amides is 3. The van der Waals surface area contributed by atoms with Gasteiger partial charge in [-0.1, -0.05) is 116 Å². The van der Waals surface area contributed by atoms with E-state index >= 15 is 0 Å². The molecular weight excluding hydrogens is 825 g/mol. The molecule has 2 N–H and O–H groups in total. The van der Waals surface area contributed by atoms with Crippen LogP contribution < -0.4 is 5.32 Å². The van der Waals surface area contributed by atoms with Gasteiger partial charge in [-0.2, -0.15) is 0 Å². The molecule has 65 heavy (non-hydrogen) atoms. The van der Waals surface area contributed by atoms with Crippen molar-refractivity contribution in [3.8, 4) is 0 Å². The summed E-state index contributed by atoms with van der Waals surface area (Å²) >= 11 is 0. The number of carbonyl (C=O) groups excluding carboxylic acids is 5. The fourth-order valence-electron chi connectivity index (χ4n) is 9.81. The Labute approximate surface area is 389 Å². The average molecular weight is 905 g/mol. The van der Waals surface area contributed by atoms with Crippen LogP contribution in [-0.4, -0.2) is 127 Å². The molecule has 0 unspecified atom stereocenters. The minimum absolute atomic E-state index is 0.000953. The van der Waals surface area contributed by atoms with Crippen molar-refractivity contribution in [1.82, 2.24) is 20.0 Å². The highest BCUT2D eigenvalue weighted by molar-refractivity contribution is 5.90. The highest BCUT2D eigenvalue weighted by atomic mass is 16.5. The molecule has 362 valence electrons. The van der Waals surface area contributed by atoms with Crippen molar-refractivity contribution in [3.63, 3.8) is 0 Å². The number of Topliss-reactive ketones (excluding diaryl/α,β-unsaturated/α-hetero) is 2. The van der Waals surface area contributed by atoms with Gasteiger partial charge in [-0.25, -0.2) is 0 Å². The van der Waals surface area contributed by atoms with E-state index in [-0.39, 0.29) is 78.8 Å². The number of nitrogens with zero attached hydrogens (tertiary/aromatic N) is 3. The fraction of sp³-hybridized carbons (Fsp3) is 0.654. The van der Waals surface area contributed by atoms with Crippen LogP contribution in [-0.2, 0) is 51.2 Å². The molecule has 0 aromatic heterocycles. The summed E-state index contributed by atoms with van der Waals surface area (Å²) in [5.74, 6) is -3.67. The van der Waals surface area contributed by atoms with Crippen molar-refractivity contribution in [3.05, 3.63) is 71.8 Å². The minimum Gasteiger partial charge on any atom is -0.481 e. The first-order chi connectivity index (χ1) is 30.9. The zero-order valence-electron chi connectivity index (χ0n) is 41.2. The number of ketones is 2. The molecule has 0 bridgehead atoms. The first kappa shape index (κ1) is 54.9. The smallest absolute Gasteiger partial charge is 0.303 e. The van der Waals surface area contributed by atoms with E-state index in [0.29, 0.717) is 45.3 Å². The summed E-state index contributed by atoms with van der Waals surface area (Å²) < 4.78 is 12.2. The standard InChI is InChI=1S/C52H80N4O9/c1-12-36(6)49(55(9)52(63)41(34(2)3)31-44(58)48(35(4)5)54(8)27-20-26-47(60)61)45(64-10)32-46(59)56-28-19-25-42(56)50(65-11)37(7)43(57)30-40(29-38-21-15-13-16-22-38)51(62)53-33-39-23-17-14-18-24-39/h13-18,21-24,34-37,40-42,45,48-50H,12,19-20,25-33H2,1-11H3,(H,53,62)(H,60,61)/t36-,37-,40+,41-,42-,45+,48-,49-,50+/m0/s1. The summed E-state index contributed by atoms with van der Waals surface area (Å²) in [6, 6.07) is 18.0. The molecule has 1 heterocycles. The Hall–Kier alpha value is -4.46. The summed E-state index contributed by atoms with van der Waals surface area (Å²) in [6.45, 7) is 15.0. The number of benzene rings is 2. The van der Waals surface area contributed by atoms with Crippen molar-refractivity contribution in [1.29, 1.82) is 0 Å². The number of aliphatic carboxylic acids is 1. The van der Waals surface area contributed by atoms with Crippen LogP contribution in [0.2, 0.25) is 0 Å². The largest absolute Gasteiger partial charge is 0.481 e. The molecule has 13 heteroatoms. The molecule has 3 rings (SSSR count). The Balaban J connectivity index is 1.79. The van der Waals surface area contributed by atoms with Crippen LogP contribution in [0.25, 0.3) is 0 Å². The molecule has 2 aromatic carbocycles. The van der Waals surface area contributed by atoms with E-state index in [9.17, 15) is 28.8 Å². The molecule has 13 nitrogen and oxygen atoms in total. The van der Waals surface area contributed by atoms with Crippen LogP contribution >= 0.6 is 0 Å². The van der Waals surface area contributed by atoms with Crippen molar-refractivity contribution in [2.75, 3.05) is 41.4 Å². The summed E-state index contributed by atoms with van der Waals surface area (Å²) in [5, 5.41) is 12.2. The number of carbonyl (C=O) groups is 6. The lowest BCUT2D eigenvalue weighted by molar-refractivity contribution is -0.149. The molecule has 0 spiro atoms. The zero-order chi connectivity index (χ0) is 48.4. The molecule has 2 aromatic rings. The molecule has 0 radical (unpaired) electrons. The van der Waals surface area contributed by atoms with Crippen LogP contribution in [0.1, 0.15) is 111 Å². The van der Waals surface area contributed by atoms with Crippen molar-refractivity contribution in [2.24, 2.45) is 35.5 Å². The fourth-order valence-corrected chi connectivity index (χ4v) is 9.81. The molecular formula is C52H80N4O9. The quantitative estimate of drug-likeness (QED) is 0.0862. The number of rotatable bonds is 29. The SMILES string of the molecule is CC[C@H](C)[C@@H]([C@@H](CC(=O)N1CCC[C@H]1[C@H](OC)[C@@H](C)C(=O)C[C@@H](Cc1ccccc1)C(=O)NCc1ccccc1)OC)N(C)C(=O)[C@@H](CC(=O)[C@H](C(C)C)N(C)CCCC(=O)O)C(C)C. The third-order valence-electron chi connectivity index (χ3n) is 13.7. The molecule has 0 aliphatic carbocycles. The van der Waals surface area contributed by atoms with Gasteiger partial charge in [-0.3, -0.25) is 33.7 Å².